The third kappa shape index (κ3) is 8.90. The largest absolute Gasteiger partial charge is 0.461 e. The standard InChI is InChI=1S/C56H56F2N10O7/c1-3-39-42(57)14-11-34-8-4-9-40(47(34)39)49-48(58)50-41(28-59-49)51(66-29-35-12-13-36(30-66)60-35)63-53(62-50)75-32-56-21-6-23-67(56)37(18-22-56)31-74-55(72)65-24-19-38(20-25-65)73-26-5-7-33-10-15-43-45(27-33)64(2)54(71)68(43)44-16-17-46(69)61-52(44)70/h1,4,8-11,14-15,27-28,35-38,44,60H,6,12-13,16-26,29-32H2,2H3,(H,61,69,70)/t35?,36?,37-,44?,56-/m0/s1. The Morgan fingerprint density at radius 1 is 0.947 bits per heavy atom. The third-order valence-corrected chi connectivity index (χ3v) is 16.4. The van der Waals surface area contributed by atoms with E-state index in [0.29, 0.717) is 83.2 Å². The number of fused-ring (bicyclic) bond motifs is 6. The van der Waals surface area contributed by atoms with Crippen molar-refractivity contribution < 1.29 is 37.4 Å². The zero-order valence-electron chi connectivity index (χ0n) is 41.6. The van der Waals surface area contributed by atoms with Gasteiger partial charge >= 0.3 is 17.8 Å². The molecule has 0 radical (unpaired) electrons. The number of nitrogens with zero attached hydrogens (tertiary/aromatic N) is 8. The topological polar surface area (TPSA) is 178 Å². The predicted molar refractivity (Wildman–Crippen MR) is 275 cm³/mol. The fourth-order valence-electron chi connectivity index (χ4n) is 12.6. The number of aromatic nitrogens is 5. The molecule has 5 atom stereocenters. The number of aryl methyl sites for hydroxylation is 1. The molecule has 3 amide bonds. The maximum absolute atomic E-state index is 17.2. The minimum atomic E-state index is -0.760. The molecule has 0 saturated carbocycles. The van der Waals surface area contributed by atoms with E-state index in [4.69, 9.17) is 30.6 Å². The monoisotopic (exact) mass is 1020 g/mol. The highest BCUT2D eigenvalue weighted by molar-refractivity contribution is 6.02. The average molecular weight is 1020 g/mol. The van der Waals surface area contributed by atoms with E-state index in [1.54, 1.807) is 60.6 Å². The van der Waals surface area contributed by atoms with Gasteiger partial charge in [0.15, 0.2) is 5.82 Å². The van der Waals surface area contributed by atoms with Gasteiger partial charge < -0.3 is 29.3 Å². The van der Waals surface area contributed by atoms with E-state index >= 15 is 8.78 Å². The van der Waals surface area contributed by atoms with Gasteiger partial charge in [0, 0.05) is 80.5 Å². The van der Waals surface area contributed by atoms with Crippen molar-refractivity contribution in [3.8, 4) is 41.5 Å². The highest BCUT2D eigenvalue weighted by atomic mass is 19.1. The Morgan fingerprint density at radius 2 is 1.77 bits per heavy atom. The Kier molecular flexibility index (Phi) is 12.7. The highest BCUT2D eigenvalue weighted by Gasteiger charge is 2.50. The molecule has 0 aliphatic carbocycles. The Morgan fingerprint density at radius 3 is 2.57 bits per heavy atom. The second-order valence-electron chi connectivity index (χ2n) is 20.8. The fraction of sp³-hybridized carbons (Fsp3) is 0.446. The lowest BCUT2D eigenvalue weighted by atomic mass is 9.95. The lowest BCUT2D eigenvalue weighted by Gasteiger charge is -2.35. The number of imide groups is 1. The van der Waals surface area contributed by atoms with Crippen molar-refractivity contribution in [1.29, 1.82) is 0 Å². The van der Waals surface area contributed by atoms with Crippen molar-refractivity contribution >= 4 is 56.4 Å². The van der Waals surface area contributed by atoms with Crippen LogP contribution in [-0.4, -0.2) is 134 Å². The molecule has 9 heterocycles. The summed E-state index contributed by atoms with van der Waals surface area (Å²) in [5.74, 6) is 7.14. The lowest BCUT2D eigenvalue weighted by molar-refractivity contribution is -0.135. The smallest absolute Gasteiger partial charge is 0.409 e. The molecule has 2 bridgehead atoms. The number of piperazine rings is 1. The SMILES string of the molecule is C#Cc1c(F)ccc2cccc(-c3ncc4c(N5CC6CCC(C5)N6)nc(OC[C@@]56CCCN5[C@H](COC(=O)N5CCC(OCC#Cc7ccc8c(c7)n(C)c(=O)n8C7CCC(=O)NC7=O)CC5)CC6)nc4c3F)c12. The molecule has 3 aromatic carbocycles. The second kappa shape index (κ2) is 19.7. The van der Waals surface area contributed by atoms with Gasteiger partial charge in [0.1, 0.15) is 48.7 Å². The first-order chi connectivity index (χ1) is 36.4. The summed E-state index contributed by atoms with van der Waals surface area (Å²) in [6.07, 6.45) is 14.2. The molecule has 75 heavy (non-hydrogen) atoms. The van der Waals surface area contributed by atoms with Crippen LogP contribution in [0.4, 0.5) is 19.4 Å². The van der Waals surface area contributed by atoms with Crippen molar-refractivity contribution in [2.24, 2.45) is 7.05 Å². The summed E-state index contributed by atoms with van der Waals surface area (Å²) in [4.78, 5) is 71.5. The minimum Gasteiger partial charge on any atom is -0.461 e. The number of likely N-dealkylation sites (tertiary alicyclic amines) is 1. The van der Waals surface area contributed by atoms with Crippen LogP contribution in [0.15, 0.2) is 59.5 Å². The first-order valence-electron chi connectivity index (χ1n) is 26.0. The summed E-state index contributed by atoms with van der Waals surface area (Å²) in [5.41, 5.74) is 1.71. The molecule has 12 rings (SSSR count). The number of hydrogen-bond acceptors (Lipinski definition) is 13. The number of carbonyl (C=O) groups excluding carboxylic acids is 3. The number of piperidine rings is 2. The van der Waals surface area contributed by atoms with Crippen molar-refractivity contribution in [1.82, 2.24) is 44.5 Å². The Bertz CT molecular complexity index is 3470. The number of imidazole rings is 1. The van der Waals surface area contributed by atoms with Gasteiger partial charge in [-0.1, -0.05) is 42.0 Å². The molecule has 2 N–H and O–H groups in total. The second-order valence-corrected chi connectivity index (χ2v) is 20.8. The number of carbonyl (C=O) groups is 3. The van der Waals surface area contributed by atoms with Gasteiger partial charge in [-0.15, -0.1) is 6.42 Å². The lowest BCUT2D eigenvalue weighted by Crippen LogP contribution is -2.51. The first-order valence-corrected chi connectivity index (χ1v) is 26.0. The van der Waals surface area contributed by atoms with Gasteiger partial charge in [-0.05, 0) is 94.0 Å². The zero-order chi connectivity index (χ0) is 51.5. The molecule has 6 aromatic rings. The fourth-order valence-corrected chi connectivity index (χ4v) is 12.6. The quantitative estimate of drug-likeness (QED) is 0.126. The summed E-state index contributed by atoms with van der Waals surface area (Å²) in [6.45, 7) is 3.91. The van der Waals surface area contributed by atoms with Crippen LogP contribution in [0.2, 0.25) is 0 Å². The van der Waals surface area contributed by atoms with Gasteiger partial charge in [0.2, 0.25) is 11.8 Å². The van der Waals surface area contributed by atoms with E-state index in [1.807, 2.05) is 0 Å². The van der Waals surface area contributed by atoms with Crippen molar-refractivity contribution in [3.63, 3.8) is 0 Å². The van der Waals surface area contributed by atoms with Gasteiger partial charge in [-0.25, -0.2) is 18.4 Å². The van der Waals surface area contributed by atoms with Crippen LogP contribution in [0, 0.1) is 35.8 Å². The van der Waals surface area contributed by atoms with Crippen molar-refractivity contribution in [2.75, 3.05) is 57.4 Å². The molecule has 6 saturated heterocycles. The minimum absolute atomic E-state index is 0.00393. The maximum Gasteiger partial charge on any atom is 0.409 e. The van der Waals surface area contributed by atoms with Crippen molar-refractivity contribution in [3.05, 3.63) is 88.0 Å². The number of terminal acetylenes is 1. The molecule has 6 fully saturated rings. The summed E-state index contributed by atoms with van der Waals surface area (Å²) >= 11 is 0. The number of pyridine rings is 1. The van der Waals surface area contributed by atoms with E-state index in [2.05, 4.69) is 43.2 Å². The molecule has 6 aliphatic rings. The normalized spacial score (nSPS) is 23.9. The molecule has 17 nitrogen and oxygen atoms in total. The number of ether oxygens (including phenoxy) is 3. The number of halogens is 2. The summed E-state index contributed by atoms with van der Waals surface area (Å²) in [7, 11) is 1.64. The van der Waals surface area contributed by atoms with Gasteiger partial charge in [-0.3, -0.25) is 33.9 Å². The number of hydrogen-bond donors (Lipinski definition) is 2. The molecule has 0 spiro atoms. The Hall–Kier alpha value is -7.45. The number of rotatable bonds is 10. The van der Waals surface area contributed by atoms with Crippen LogP contribution in [0.1, 0.15) is 81.4 Å². The van der Waals surface area contributed by atoms with E-state index < -0.39 is 23.6 Å². The third-order valence-electron chi connectivity index (χ3n) is 16.4. The van der Waals surface area contributed by atoms with Crippen LogP contribution in [0.25, 0.3) is 44.0 Å². The summed E-state index contributed by atoms with van der Waals surface area (Å²) in [5, 5.41) is 7.52. The Labute approximate surface area is 430 Å². The average Bonchev–Trinajstić information content (AvgIpc) is 4.18. The maximum atomic E-state index is 17.2. The number of amides is 3. The molecule has 3 aromatic heterocycles. The molecular weight excluding hydrogens is 963 g/mol. The number of anilines is 1. The van der Waals surface area contributed by atoms with Crippen molar-refractivity contribution in [2.45, 2.75) is 100 Å². The summed E-state index contributed by atoms with van der Waals surface area (Å²) < 4.78 is 53.8. The van der Waals surface area contributed by atoms with Gasteiger partial charge in [0.05, 0.1) is 33.6 Å². The number of nitrogens with one attached hydrogen (secondary N) is 2. The molecular formula is C56H56F2N10O7. The van der Waals surface area contributed by atoms with Crippen LogP contribution >= 0.6 is 0 Å². The Balaban J connectivity index is 0.675. The molecule has 3 unspecified atom stereocenters. The molecule has 6 aliphatic heterocycles. The van der Waals surface area contributed by atoms with Crippen LogP contribution in [-0.2, 0) is 26.1 Å². The predicted octanol–water partition coefficient (Wildman–Crippen LogP) is 5.72. The number of benzene rings is 3. The summed E-state index contributed by atoms with van der Waals surface area (Å²) in [6, 6.07) is 13.5. The van der Waals surface area contributed by atoms with E-state index in [-0.39, 0.29) is 103 Å². The molecule has 19 heteroatoms. The van der Waals surface area contributed by atoms with E-state index in [1.165, 1.54) is 15.2 Å². The van der Waals surface area contributed by atoms with Gasteiger partial charge in [-0.2, -0.15) is 9.97 Å². The first kappa shape index (κ1) is 48.5. The van der Waals surface area contributed by atoms with E-state index in [9.17, 15) is 19.2 Å². The van der Waals surface area contributed by atoms with Gasteiger partial charge in [0.25, 0.3) is 0 Å². The van der Waals surface area contributed by atoms with E-state index in [0.717, 1.165) is 45.1 Å². The molecule has 386 valence electrons. The van der Waals surface area contributed by atoms with Crippen LogP contribution < -0.4 is 26.0 Å². The highest BCUT2D eigenvalue weighted by Crippen LogP contribution is 2.44. The van der Waals surface area contributed by atoms with Crippen LogP contribution in [0.3, 0.4) is 0 Å². The zero-order valence-corrected chi connectivity index (χ0v) is 41.6. The van der Waals surface area contributed by atoms with Crippen LogP contribution in [0.5, 0.6) is 6.01 Å².